The number of rotatable bonds is 2. The summed E-state index contributed by atoms with van der Waals surface area (Å²) in [6.45, 7) is -2.91. The number of alkyl halides is 2. The van der Waals surface area contributed by atoms with Gasteiger partial charge in [0.05, 0.1) is 6.20 Å². The molecule has 0 atom stereocenters. The molecule has 0 radical (unpaired) electrons. The zero-order valence-electron chi connectivity index (χ0n) is 5.24. The number of hydrogen-bond donors (Lipinski definition) is 1. The van der Waals surface area contributed by atoms with Gasteiger partial charge in [-0.2, -0.15) is 18.6 Å². The zero-order valence-corrected chi connectivity index (χ0v) is 5.24. The van der Waals surface area contributed by atoms with E-state index < -0.39 is 18.2 Å². The molecule has 1 N–H and O–H groups in total. The molecule has 1 rings (SSSR count). The molecule has 0 aromatic carbocycles. The second-order valence-corrected chi connectivity index (χ2v) is 1.74. The van der Waals surface area contributed by atoms with Crippen molar-refractivity contribution in [3.8, 4) is 0 Å². The number of hydrogen-bond acceptors (Lipinski definition) is 2. The van der Waals surface area contributed by atoms with Crippen molar-refractivity contribution >= 4 is 5.97 Å². The van der Waals surface area contributed by atoms with Crippen molar-refractivity contribution in [2.24, 2.45) is 0 Å². The van der Waals surface area contributed by atoms with E-state index in [1.807, 2.05) is 0 Å². The maximum Gasteiger partial charge on any atom is 0.354 e. The Morgan fingerprint density at radius 1 is 1.73 bits per heavy atom. The van der Waals surface area contributed by atoms with Gasteiger partial charge < -0.3 is 5.11 Å². The van der Waals surface area contributed by atoms with Gasteiger partial charge in [-0.25, -0.2) is 4.79 Å². The Balaban J connectivity index is 3.06. The molecule has 0 fully saturated rings. The molecule has 0 saturated heterocycles. The topological polar surface area (TPSA) is 55.1 Å². The van der Waals surface area contributed by atoms with Crippen LogP contribution in [-0.4, -0.2) is 20.9 Å². The average Bonchev–Trinajstić information content (AvgIpc) is 2.32. The third kappa shape index (κ3) is 1.34. The third-order valence-electron chi connectivity index (χ3n) is 1.07. The van der Waals surface area contributed by atoms with Crippen LogP contribution in [0.5, 0.6) is 0 Å². The summed E-state index contributed by atoms with van der Waals surface area (Å²) in [5.41, 5.74) is -0.514. The minimum Gasteiger partial charge on any atom is -0.477 e. The van der Waals surface area contributed by atoms with E-state index in [2.05, 4.69) is 5.10 Å². The Morgan fingerprint density at radius 3 is 2.73 bits per heavy atom. The molecule has 0 unspecified atom stereocenters. The number of aromatic carboxylic acids is 1. The molecule has 0 aliphatic carbocycles. The molecule has 4 nitrogen and oxygen atoms in total. The van der Waals surface area contributed by atoms with Gasteiger partial charge >= 0.3 is 12.5 Å². The lowest BCUT2D eigenvalue weighted by Crippen LogP contribution is -2.10. The van der Waals surface area contributed by atoms with Gasteiger partial charge in [0.25, 0.3) is 0 Å². The van der Waals surface area contributed by atoms with Crippen LogP contribution in [0.15, 0.2) is 12.3 Å². The smallest absolute Gasteiger partial charge is 0.354 e. The Hall–Kier alpha value is -1.46. The lowest BCUT2D eigenvalue weighted by molar-refractivity contribution is 0.0439. The highest BCUT2D eigenvalue weighted by Crippen LogP contribution is 2.11. The highest BCUT2D eigenvalue weighted by atomic mass is 19.3. The van der Waals surface area contributed by atoms with E-state index in [1.165, 1.54) is 0 Å². The first-order valence-corrected chi connectivity index (χ1v) is 2.68. The van der Waals surface area contributed by atoms with E-state index in [-0.39, 0.29) is 4.68 Å². The molecule has 0 bridgehead atoms. The second kappa shape index (κ2) is 2.65. The number of carboxylic acid groups (broad SMARTS) is 1. The van der Waals surface area contributed by atoms with Gasteiger partial charge in [-0.3, -0.25) is 0 Å². The van der Waals surface area contributed by atoms with Gasteiger partial charge in [0.1, 0.15) is 0 Å². The van der Waals surface area contributed by atoms with Crippen molar-refractivity contribution in [1.29, 1.82) is 0 Å². The number of aromatic nitrogens is 2. The number of nitrogens with zero attached hydrogens (tertiary/aromatic N) is 2. The maximum atomic E-state index is 11.9. The highest BCUT2D eigenvalue weighted by molar-refractivity contribution is 5.85. The number of halogens is 2. The van der Waals surface area contributed by atoms with Crippen LogP contribution in [0, 0.1) is 0 Å². The zero-order chi connectivity index (χ0) is 8.43. The Bertz CT molecular complexity index is 271. The fourth-order valence-electron chi connectivity index (χ4n) is 0.639. The summed E-state index contributed by atoms with van der Waals surface area (Å²) in [6, 6.07) is 1.01. The predicted octanol–water partition coefficient (Wildman–Crippen LogP) is 0.976. The maximum absolute atomic E-state index is 11.9. The minimum atomic E-state index is -2.91. The Morgan fingerprint density at radius 2 is 2.36 bits per heavy atom. The summed E-state index contributed by atoms with van der Waals surface area (Å²) in [4.78, 5) is 10.2. The van der Waals surface area contributed by atoms with Crippen LogP contribution in [0.4, 0.5) is 8.78 Å². The summed E-state index contributed by atoms with van der Waals surface area (Å²) >= 11 is 0. The molecule has 60 valence electrons. The van der Waals surface area contributed by atoms with E-state index in [4.69, 9.17) is 5.11 Å². The Labute approximate surface area is 60.1 Å². The van der Waals surface area contributed by atoms with E-state index >= 15 is 0 Å². The summed E-state index contributed by atoms with van der Waals surface area (Å²) < 4.78 is 23.9. The van der Waals surface area contributed by atoms with Crippen LogP contribution in [0.3, 0.4) is 0 Å². The standard InChI is InChI=1S/C5H4F2N2O2/c6-5(7)9-3(4(10)11)1-2-8-9/h1-2,5H,(H,10,11). The molecule has 0 spiro atoms. The first kappa shape index (κ1) is 7.64. The molecular weight excluding hydrogens is 158 g/mol. The lowest BCUT2D eigenvalue weighted by atomic mass is 10.4. The van der Waals surface area contributed by atoms with Crippen molar-refractivity contribution < 1.29 is 18.7 Å². The molecule has 1 aromatic heterocycles. The Kier molecular flexibility index (Phi) is 1.84. The molecule has 6 heteroatoms. The monoisotopic (exact) mass is 162 g/mol. The minimum absolute atomic E-state index is 0.141. The number of carbonyl (C=O) groups is 1. The van der Waals surface area contributed by atoms with Crippen molar-refractivity contribution in [2.45, 2.75) is 6.55 Å². The van der Waals surface area contributed by atoms with Crippen molar-refractivity contribution in [3.63, 3.8) is 0 Å². The van der Waals surface area contributed by atoms with Gasteiger partial charge in [-0.05, 0) is 6.07 Å². The van der Waals surface area contributed by atoms with E-state index in [0.717, 1.165) is 12.3 Å². The largest absolute Gasteiger partial charge is 0.477 e. The van der Waals surface area contributed by atoms with E-state index in [9.17, 15) is 13.6 Å². The molecule has 0 aliphatic rings. The quantitative estimate of drug-likeness (QED) is 0.705. The average molecular weight is 162 g/mol. The summed E-state index contributed by atoms with van der Waals surface area (Å²) in [7, 11) is 0. The fraction of sp³-hybridized carbons (Fsp3) is 0.200. The van der Waals surface area contributed by atoms with Crippen LogP contribution < -0.4 is 0 Å². The highest BCUT2D eigenvalue weighted by Gasteiger charge is 2.16. The van der Waals surface area contributed by atoms with Crippen LogP contribution in [0.1, 0.15) is 17.0 Å². The lowest BCUT2D eigenvalue weighted by Gasteiger charge is -1.99. The second-order valence-electron chi connectivity index (χ2n) is 1.74. The predicted molar refractivity (Wildman–Crippen MR) is 30.4 cm³/mol. The fourth-order valence-corrected chi connectivity index (χ4v) is 0.639. The first-order valence-electron chi connectivity index (χ1n) is 2.68. The van der Waals surface area contributed by atoms with Gasteiger partial charge in [-0.1, -0.05) is 0 Å². The van der Waals surface area contributed by atoms with E-state index in [1.54, 1.807) is 0 Å². The van der Waals surface area contributed by atoms with Crippen LogP contribution >= 0.6 is 0 Å². The molecule has 0 saturated carbocycles. The van der Waals surface area contributed by atoms with Gasteiger partial charge in [0, 0.05) is 0 Å². The van der Waals surface area contributed by atoms with Gasteiger partial charge in [0.2, 0.25) is 0 Å². The molecule has 0 aliphatic heterocycles. The summed E-state index contributed by atoms with van der Waals surface area (Å²) in [6.07, 6.45) is 1.01. The normalized spacial score (nSPS) is 10.5. The summed E-state index contributed by atoms with van der Waals surface area (Å²) in [5, 5.41) is 11.4. The molecule has 11 heavy (non-hydrogen) atoms. The van der Waals surface area contributed by atoms with Gasteiger partial charge in [-0.15, -0.1) is 0 Å². The van der Waals surface area contributed by atoms with Crippen LogP contribution in [0.2, 0.25) is 0 Å². The van der Waals surface area contributed by atoms with E-state index in [0.29, 0.717) is 0 Å². The SMILES string of the molecule is O=C(O)c1ccnn1C(F)F. The molecular formula is C5H4F2N2O2. The molecule has 0 amide bonds. The van der Waals surface area contributed by atoms with Gasteiger partial charge in [0.15, 0.2) is 5.69 Å². The van der Waals surface area contributed by atoms with Crippen LogP contribution in [0.25, 0.3) is 0 Å². The number of carboxylic acids is 1. The van der Waals surface area contributed by atoms with Crippen molar-refractivity contribution in [3.05, 3.63) is 18.0 Å². The van der Waals surface area contributed by atoms with Crippen LogP contribution in [-0.2, 0) is 0 Å². The first-order chi connectivity index (χ1) is 5.13. The van der Waals surface area contributed by atoms with Crippen molar-refractivity contribution in [1.82, 2.24) is 9.78 Å². The third-order valence-corrected chi connectivity index (χ3v) is 1.07. The van der Waals surface area contributed by atoms with Crippen molar-refractivity contribution in [2.75, 3.05) is 0 Å². The molecule has 1 aromatic rings. The molecule has 1 heterocycles. The summed E-state index contributed by atoms with van der Waals surface area (Å²) in [5.74, 6) is -1.41.